The van der Waals surface area contributed by atoms with E-state index in [4.69, 9.17) is 4.74 Å². The highest BCUT2D eigenvalue weighted by Crippen LogP contribution is 2.28. The summed E-state index contributed by atoms with van der Waals surface area (Å²) in [5, 5.41) is 0.767. The van der Waals surface area contributed by atoms with Crippen molar-refractivity contribution in [2.75, 3.05) is 33.3 Å². The molecule has 1 aliphatic heterocycles. The van der Waals surface area contributed by atoms with Crippen LogP contribution in [0, 0.1) is 0 Å². The maximum atomic E-state index is 13.3. The van der Waals surface area contributed by atoms with Crippen molar-refractivity contribution in [3.63, 3.8) is 0 Å². The molecule has 1 fully saturated rings. The first-order chi connectivity index (χ1) is 17.9. The number of hydrogen-bond acceptors (Lipinski definition) is 7. The number of para-hydroxylation sites is 1. The van der Waals surface area contributed by atoms with Crippen LogP contribution in [0.4, 0.5) is 0 Å². The minimum absolute atomic E-state index is 0.118. The highest BCUT2D eigenvalue weighted by atomic mass is 32.2. The van der Waals surface area contributed by atoms with Gasteiger partial charge in [0.25, 0.3) is 5.91 Å². The molecule has 2 aromatic carbocycles. The number of aromatic nitrogens is 2. The van der Waals surface area contributed by atoms with Gasteiger partial charge < -0.3 is 9.64 Å². The van der Waals surface area contributed by atoms with Gasteiger partial charge in [-0.05, 0) is 47.5 Å². The molecule has 5 rings (SSSR count). The van der Waals surface area contributed by atoms with Gasteiger partial charge in [-0.15, -0.1) is 0 Å². The molecule has 190 valence electrons. The third-order valence-electron chi connectivity index (χ3n) is 6.60. The van der Waals surface area contributed by atoms with E-state index in [0.29, 0.717) is 35.5 Å². The van der Waals surface area contributed by atoms with Gasteiger partial charge in [0.1, 0.15) is 5.75 Å². The summed E-state index contributed by atoms with van der Waals surface area (Å²) in [7, 11) is -2.18. The van der Waals surface area contributed by atoms with Gasteiger partial charge in [0.15, 0.2) is 9.84 Å². The number of fused-ring (bicyclic) bond motifs is 1. The second-order valence-electron chi connectivity index (χ2n) is 9.05. The molecule has 0 spiro atoms. The monoisotopic (exact) mass is 516 g/mol. The predicted octanol–water partition coefficient (Wildman–Crippen LogP) is 3.57. The van der Waals surface area contributed by atoms with Crippen LogP contribution in [0.1, 0.15) is 21.5 Å². The third kappa shape index (κ3) is 5.47. The molecule has 2 aromatic heterocycles. The van der Waals surface area contributed by atoms with Crippen LogP contribution in [0.15, 0.2) is 84.1 Å². The molecule has 1 aliphatic rings. The molecule has 0 radical (unpaired) electrons. The zero-order chi connectivity index (χ0) is 25.8. The Morgan fingerprint density at radius 1 is 0.919 bits per heavy atom. The molecule has 0 saturated carbocycles. The van der Waals surface area contributed by atoms with Crippen LogP contribution in [0.2, 0.25) is 0 Å². The number of carbonyl (C=O) groups excluding carboxylic acids is 1. The van der Waals surface area contributed by atoms with Gasteiger partial charge in [0, 0.05) is 56.7 Å². The first kappa shape index (κ1) is 24.9. The summed E-state index contributed by atoms with van der Waals surface area (Å²) in [5.74, 6) is 0.0299. The maximum Gasteiger partial charge on any atom is 0.257 e. The summed E-state index contributed by atoms with van der Waals surface area (Å²) >= 11 is 0. The normalized spacial score (nSPS) is 14.6. The molecule has 0 N–H and O–H groups in total. The number of pyridine rings is 2. The number of sulfone groups is 1. The molecule has 37 heavy (non-hydrogen) atoms. The SMILES string of the molecule is COc1cc(CS(=O)(=O)c2cccc3cccnc23)ccc1C(=O)N1CCN(Cc2ccncc2)CC1. The quantitative estimate of drug-likeness (QED) is 0.371. The van der Waals surface area contributed by atoms with E-state index in [1.807, 2.05) is 29.2 Å². The molecule has 3 heterocycles. The Kier molecular flexibility index (Phi) is 7.16. The smallest absolute Gasteiger partial charge is 0.257 e. The van der Waals surface area contributed by atoms with E-state index in [2.05, 4.69) is 14.9 Å². The molecule has 9 heteroatoms. The molecule has 0 unspecified atom stereocenters. The van der Waals surface area contributed by atoms with E-state index in [-0.39, 0.29) is 16.6 Å². The Balaban J connectivity index is 1.29. The average molecular weight is 517 g/mol. The Labute approximate surface area is 216 Å². The molecular weight excluding hydrogens is 488 g/mol. The Hall–Kier alpha value is -3.82. The molecule has 1 amide bonds. The summed E-state index contributed by atoms with van der Waals surface area (Å²) in [6.45, 7) is 3.58. The van der Waals surface area contributed by atoms with Crippen molar-refractivity contribution in [3.8, 4) is 5.75 Å². The molecule has 8 nitrogen and oxygen atoms in total. The van der Waals surface area contributed by atoms with Crippen molar-refractivity contribution >= 4 is 26.6 Å². The van der Waals surface area contributed by atoms with E-state index >= 15 is 0 Å². The number of carbonyl (C=O) groups is 1. The summed E-state index contributed by atoms with van der Waals surface area (Å²) in [5.41, 5.74) is 2.62. The first-order valence-corrected chi connectivity index (χ1v) is 13.7. The number of methoxy groups -OCH3 is 1. The van der Waals surface area contributed by atoms with E-state index in [9.17, 15) is 13.2 Å². The van der Waals surface area contributed by atoms with Gasteiger partial charge in [-0.25, -0.2) is 8.42 Å². The fourth-order valence-corrected chi connectivity index (χ4v) is 6.18. The van der Waals surface area contributed by atoms with Crippen molar-refractivity contribution < 1.29 is 17.9 Å². The van der Waals surface area contributed by atoms with E-state index < -0.39 is 9.84 Å². The van der Waals surface area contributed by atoms with Crippen molar-refractivity contribution in [3.05, 3.63) is 95.9 Å². The second-order valence-corrected chi connectivity index (χ2v) is 11.0. The summed E-state index contributed by atoms with van der Waals surface area (Å²) in [6, 6.07) is 17.7. The number of amides is 1. The lowest BCUT2D eigenvalue weighted by molar-refractivity contribution is 0.0625. The standard InChI is InChI=1S/C28H28N4O4S/c1-36-25-18-22(20-37(34,35)26-6-2-4-23-5-3-11-30-27(23)26)7-8-24(25)28(33)32-16-14-31(15-17-32)19-21-9-12-29-13-10-21/h2-13,18H,14-17,19-20H2,1H3. The van der Waals surface area contributed by atoms with Crippen LogP contribution in [-0.2, 0) is 22.1 Å². The molecule has 4 aromatic rings. The van der Waals surface area contributed by atoms with Crippen LogP contribution in [-0.4, -0.2) is 67.4 Å². The lowest BCUT2D eigenvalue weighted by atomic mass is 10.1. The summed E-state index contributed by atoms with van der Waals surface area (Å²) < 4.78 is 32.1. The average Bonchev–Trinajstić information content (AvgIpc) is 2.93. The zero-order valence-corrected chi connectivity index (χ0v) is 21.4. The number of ether oxygens (including phenoxy) is 1. The van der Waals surface area contributed by atoms with Crippen LogP contribution < -0.4 is 4.74 Å². The van der Waals surface area contributed by atoms with Crippen LogP contribution >= 0.6 is 0 Å². The van der Waals surface area contributed by atoms with E-state index in [1.165, 1.54) is 12.7 Å². The highest BCUT2D eigenvalue weighted by Gasteiger charge is 2.26. The lowest BCUT2D eigenvalue weighted by Gasteiger charge is -2.35. The molecule has 0 bridgehead atoms. The van der Waals surface area contributed by atoms with E-state index in [1.54, 1.807) is 55.0 Å². The molecule has 0 atom stereocenters. The lowest BCUT2D eigenvalue weighted by Crippen LogP contribution is -2.48. The molecule has 1 saturated heterocycles. The fourth-order valence-electron chi connectivity index (χ4n) is 4.65. The maximum absolute atomic E-state index is 13.3. The largest absolute Gasteiger partial charge is 0.496 e. The van der Waals surface area contributed by atoms with Crippen molar-refractivity contribution in [2.45, 2.75) is 17.2 Å². The van der Waals surface area contributed by atoms with Gasteiger partial charge in [-0.2, -0.15) is 0 Å². The van der Waals surface area contributed by atoms with E-state index in [0.717, 1.165) is 25.0 Å². The second kappa shape index (κ2) is 10.7. The fraction of sp³-hybridized carbons (Fsp3) is 0.250. The van der Waals surface area contributed by atoms with Gasteiger partial charge in [0.2, 0.25) is 0 Å². The minimum Gasteiger partial charge on any atom is -0.496 e. The zero-order valence-electron chi connectivity index (χ0n) is 20.6. The Morgan fingerprint density at radius 3 is 2.43 bits per heavy atom. The number of hydrogen-bond donors (Lipinski definition) is 0. The topological polar surface area (TPSA) is 92.7 Å². The molecular formula is C28H28N4O4S. The Bertz CT molecular complexity index is 1510. The first-order valence-electron chi connectivity index (χ1n) is 12.1. The van der Waals surface area contributed by atoms with Crippen molar-refractivity contribution in [1.29, 1.82) is 0 Å². The number of piperazine rings is 1. The Morgan fingerprint density at radius 2 is 1.68 bits per heavy atom. The number of rotatable bonds is 7. The third-order valence-corrected chi connectivity index (χ3v) is 8.31. The number of nitrogens with zero attached hydrogens (tertiary/aromatic N) is 4. The van der Waals surface area contributed by atoms with Gasteiger partial charge in [0.05, 0.1) is 28.8 Å². The van der Waals surface area contributed by atoms with Crippen molar-refractivity contribution in [2.24, 2.45) is 0 Å². The minimum atomic E-state index is -3.67. The summed E-state index contributed by atoms with van der Waals surface area (Å²) in [6.07, 6.45) is 5.16. The highest BCUT2D eigenvalue weighted by molar-refractivity contribution is 7.90. The van der Waals surface area contributed by atoms with Gasteiger partial charge in [-0.1, -0.05) is 24.3 Å². The van der Waals surface area contributed by atoms with Crippen LogP contribution in [0.3, 0.4) is 0 Å². The predicted molar refractivity (Wildman–Crippen MR) is 141 cm³/mol. The van der Waals surface area contributed by atoms with Gasteiger partial charge in [-0.3, -0.25) is 19.7 Å². The van der Waals surface area contributed by atoms with Crippen molar-refractivity contribution in [1.82, 2.24) is 19.8 Å². The number of benzene rings is 2. The van der Waals surface area contributed by atoms with Gasteiger partial charge >= 0.3 is 0 Å². The molecule has 0 aliphatic carbocycles. The van der Waals surface area contributed by atoms with Crippen LogP contribution in [0.25, 0.3) is 10.9 Å². The summed E-state index contributed by atoms with van der Waals surface area (Å²) in [4.78, 5) is 26.0. The van der Waals surface area contributed by atoms with Crippen LogP contribution in [0.5, 0.6) is 5.75 Å².